The molecule has 0 bridgehead atoms. The molecule has 118 valence electrons. The van der Waals surface area contributed by atoms with Crippen molar-refractivity contribution in [2.75, 3.05) is 11.4 Å². The molecule has 1 saturated heterocycles. The van der Waals surface area contributed by atoms with Crippen LogP contribution >= 0.6 is 11.6 Å². The number of carbonyl (C=O) groups excluding carboxylic acids is 2. The van der Waals surface area contributed by atoms with Gasteiger partial charge in [-0.15, -0.1) is 0 Å². The van der Waals surface area contributed by atoms with Crippen molar-refractivity contribution in [3.05, 3.63) is 59.1 Å². The quantitative estimate of drug-likeness (QED) is 0.877. The first-order valence-electron chi connectivity index (χ1n) is 7.04. The van der Waals surface area contributed by atoms with Gasteiger partial charge in [-0.2, -0.15) is 0 Å². The van der Waals surface area contributed by atoms with Crippen LogP contribution in [0.4, 0.5) is 10.1 Å². The molecule has 5 nitrogen and oxygen atoms in total. The highest BCUT2D eigenvalue weighted by atomic mass is 35.5. The Labute approximate surface area is 137 Å². The first-order chi connectivity index (χ1) is 11.1. The van der Waals surface area contributed by atoms with Gasteiger partial charge < -0.3 is 10.2 Å². The summed E-state index contributed by atoms with van der Waals surface area (Å²) >= 11 is 5.75. The number of benzene rings is 1. The summed E-state index contributed by atoms with van der Waals surface area (Å²) in [4.78, 5) is 29.7. The van der Waals surface area contributed by atoms with Gasteiger partial charge >= 0.3 is 0 Å². The Morgan fingerprint density at radius 2 is 2.13 bits per heavy atom. The monoisotopic (exact) mass is 333 g/mol. The van der Waals surface area contributed by atoms with E-state index in [1.807, 2.05) is 0 Å². The molecule has 3 rings (SSSR count). The Morgan fingerprint density at radius 1 is 1.35 bits per heavy atom. The van der Waals surface area contributed by atoms with Crippen molar-refractivity contribution >= 4 is 29.1 Å². The smallest absolute Gasteiger partial charge is 0.252 e. The molecule has 1 N–H and O–H groups in total. The molecule has 2 heterocycles. The van der Waals surface area contributed by atoms with Crippen molar-refractivity contribution in [1.82, 2.24) is 10.3 Å². The largest absolute Gasteiger partial charge is 0.340 e. The highest BCUT2D eigenvalue weighted by Gasteiger charge is 2.34. The van der Waals surface area contributed by atoms with E-state index in [1.54, 1.807) is 18.2 Å². The molecule has 0 saturated carbocycles. The second-order valence-electron chi connectivity index (χ2n) is 5.12. The van der Waals surface area contributed by atoms with Crippen molar-refractivity contribution in [2.24, 2.45) is 0 Å². The molecule has 2 amide bonds. The van der Waals surface area contributed by atoms with Gasteiger partial charge in [-0.05, 0) is 30.7 Å². The van der Waals surface area contributed by atoms with E-state index < -0.39 is 17.8 Å². The zero-order valence-electron chi connectivity index (χ0n) is 12.0. The summed E-state index contributed by atoms with van der Waals surface area (Å²) in [5.41, 5.74) is 0.545. The summed E-state index contributed by atoms with van der Waals surface area (Å²) < 4.78 is 13.8. The zero-order valence-corrected chi connectivity index (χ0v) is 12.8. The fourth-order valence-corrected chi connectivity index (χ4v) is 2.68. The van der Waals surface area contributed by atoms with E-state index in [0.717, 1.165) is 0 Å². The lowest BCUT2D eigenvalue weighted by molar-refractivity contribution is -0.118. The average molecular weight is 334 g/mol. The number of rotatable bonds is 3. The van der Waals surface area contributed by atoms with Gasteiger partial charge in [0.05, 0.1) is 5.69 Å². The van der Waals surface area contributed by atoms with Crippen LogP contribution in [0.5, 0.6) is 0 Å². The van der Waals surface area contributed by atoms with Crippen molar-refractivity contribution in [3.8, 4) is 0 Å². The van der Waals surface area contributed by atoms with Gasteiger partial charge in [0, 0.05) is 18.3 Å². The molecular formula is C16H13ClFN3O2. The summed E-state index contributed by atoms with van der Waals surface area (Å²) in [6.45, 7) is 0.349. The maximum atomic E-state index is 13.8. The average Bonchev–Trinajstić information content (AvgIpc) is 2.89. The molecule has 0 radical (unpaired) electrons. The summed E-state index contributed by atoms with van der Waals surface area (Å²) in [6.07, 6.45) is 1.83. The van der Waals surface area contributed by atoms with E-state index in [0.29, 0.717) is 18.5 Å². The SMILES string of the molecule is O=C(N[C@H]1CCN(c2ccccc2F)C1=O)c1ccnc(Cl)c1. The molecule has 7 heteroatoms. The van der Waals surface area contributed by atoms with Crippen LogP contribution in [0, 0.1) is 5.82 Å². The Morgan fingerprint density at radius 3 is 2.87 bits per heavy atom. The molecule has 0 spiro atoms. The van der Waals surface area contributed by atoms with Crippen molar-refractivity contribution in [2.45, 2.75) is 12.5 Å². The van der Waals surface area contributed by atoms with E-state index in [4.69, 9.17) is 11.6 Å². The van der Waals surface area contributed by atoms with Gasteiger partial charge in [-0.1, -0.05) is 23.7 Å². The molecule has 1 aliphatic rings. The van der Waals surface area contributed by atoms with Crippen LogP contribution in [0.25, 0.3) is 0 Å². The zero-order chi connectivity index (χ0) is 16.4. The minimum atomic E-state index is -0.686. The maximum absolute atomic E-state index is 13.8. The first kappa shape index (κ1) is 15.4. The van der Waals surface area contributed by atoms with Crippen LogP contribution in [-0.4, -0.2) is 29.4 Å². The number of nitrogens with one attached hydrogen (secondary N) is 1. The number of hydrogen-bond acceptors (Lipinski definition) is 3. The Hall–Kier alpha value is -2.47. The standard InChI is InChI=1S/C16H13ClFN3O2/c17-14-9-10(5-7-19-14)15(22)20-12-6-8-21(16(12)23)13-4-2-1-3-11(13)18/h1-5,7,9,12H,6,8H2,(H,20,22)/t12-/m0/s1. The van der Waals surface area contributed by atoms with E-state index in [1.165, 1.54) is 29.3 Å². The van der Waals surface area contributed by atoms with Gasteiger partial charge in [0.15, 0.2) is 0 Å². The molecule has 1 fully saturated rings. The minimum Gasteiger partial charge on any atom is -0.340 e. The predicted molar refractivity (Wildman–Crippen MR) is 83.9 cm³/mol. The number of aromatic nitrogens is 1. The van der Waals surface area contributed by atoms with E-state index in [-0.39, 0.29) is 16.7 Å². The van der Waals surface area contributed by atoms with Crippen LogP contribution in [0.3, 0.4) is 0 Å². The molecular weight excluding hydrogens is 321 g/mol. The maximum Gasteiger partial charge on any atom is 0.252 e. The first-order valence-corrected chi connectivity index (χ1v) is 7.42. The molecule has 1 aromatic heterocycles. The molecule has 23 heavy (non-hydrogen) atoms. The number of amides is 2. The molecule has 2 aromatic rings. The van der Waals surface area contributed by atoms with Gasteiger partial charge in [0.1, 0.15) is 17.0 Å². The number of pyridine rings is 1. The number of anilines is 1. The van der Waals surface area contributed by atoms with Crippen molar-refractivity contribution < 1.29 is 14.0 Å². The third-order valence-electron chi connectivity index (χ3n) is 3.64. The fraction of sp³-hybridized carbons (Fsp3) is 0.188. The predicted octanol–water partition coefficient (Wildman–Crippen LogP) is 2.41. The van der Waals surface area contributed by atoms with Gasteiger partial charge in [0.2, 0.25) is 5.91 Å². The van der Waals surface area contributed by atoms with Crippen LogP contribution < -0.4 is 10.2 Å². The summed E-state index contributed by atoms with van der Waals surface area (Å²) in [5.74, 6) is -1.21. The Kier molecular flexibility index (Phi) is 4.25. The van der Waals surface area contributed by atoms with Gasteiger partial charge in [-0.25, -0.2) is 9.37 Å². The lowest BCUT2D eigenvalue weighted by Gasteiger charge is -2.17. The molecule has 0 aliphatic carbocycles. The number of nitrogens with zero attached hydrogens (tertiary/aromatic N) is 2. The molecule has 1 atom stereocenters. The third kappa shape index (κ3) is 3.17. The number of halogens is 2. The third-order valence-corrected chi connectivity index (χ3v) is 3.85. The second-order valence-corrected chi connectivity index (χ2v) is 5.51. The topological polar surface area (TPSA) is 62.3 Å². The summed E-state index contributed by atoms with van der Waals surface area (Å²) in [6, 6.07) is 8.31. The number of hydrogen-bond donors (Lipinski definition) is 1. The number of carbonyl (C=O) groups is 2. The summed E-state index contributed by atoms with van der Waals surface area (Å²) in [7, 11) is 0. The molecule has 0 unspecified atom stereocenters. The van der Waals surface area contributed by atoms with Crippen LogP contribution in [0.2, 0.25) is 5.15 Å². The van der Waals surface area contributed by atoms with E-state index in [9.17, 15) is 14.0 Å². The highest BCUT2D eigenvalue weighted by Crippen LogP contribution is 2.24. The van der Waals surface area contributed by atoms with E-state index in [2.05, 4.69) is 10.3 Å². The molecule has 1 aromatic carbocycles. The lowest BCUT2D eigenvalue weighted by atomic mass is 10.2. The minimum absolute atomic E-state index is 0.198. The van der Waals surface area contributed by atoms with Crippen LogP contribution in [0.15, 0.2) is 42.6 Å². The summed E-state index contributed by atoms with van der Waals surface area (Å²) in [5, 5.41) is 2.85. The van der Waals surface area contributed by atoms with Crippen LogP contribution in [0.1, 0.15) is 16.8 Å². The van der Waals surface area contributed by atoms with E-state index >= 15 is 0 Å². The Bertz CT molecular complexity index is 768. The highest BCUT2D eigenvalue weighted by molar-refractivity contribution is 6.29. The fourth-order valence-electron chi connectivity index (χ4n) is 2.51. The number of para-hydroxylation sites is 1. The normalized spacial score (nSPS) is 17.4. The van der Waals surface area contributed by atoms with Crippen molar-refractivity contribution in [3.63, 3.8) is 0 Å². The van der Waals surface area contributed by atoms with Crippen molar-refractivity contribution in [1.29, 1.82) is 0 Å². The van der Waals surface area contributed by atoms with Gasteiger partial charge in [-0.3, -0.25) is 9.59 Å². The second kappa shape index (κ2) is 6.34. The molecule has 1 aliphatic heterocycles. The Balaban J connectivity index is 1.72. The van der Waals surface area contributed by atoms with Gasteiger partial charge in [0.25, 0.3) is 5.91 Å². The van der Waals surface area contributed by atoms with Crippen LogP contribution in [-0.2, 0) is 4.79 Å². The lowest BCUT2D eigenvalue weighted by Crippen LogP contribution is -2.41.